The quantitative estimate of drug-likeness (QED) is 0.590. The number of nitrogens with two attached hydrogens (primary N) is 1. The van der Waals surface area contributed by atoms with Crippen molar-refractivity contribution < 1.29 is 19.8 Å². The Kier molecular flexibility index (Phi) is 6.33. The van der Waals surface area contributed by atoms with E-state index in [9.17, 15) is 14.7 Å². The number of hydrogen-bond donors (Lipinski definition) is 4. The van der Waals surface area contributed by atoms with Gasteiger partial charge in [0.05, 0.1) is 6.04 Å². The summed E-state index contributed by atoms with van der Waals surface area (Å²) >= 11 is 0. The minimum absolute atomic E-state index is 0.103. The maximum atomic E-state index is 11.9. The lowest BCUT2D eigenvalue weighted by atomic mass is 10.00. The Morgan fingerprint density at radius 1 is 1.24 bits per heavy atom. The first-order chi connectivity index (χ1) is 9.82. The summed E-state index contributed by atoms with van der Waals surface area (Å²) in [6.45, 7) is 3.71. The second-order valence-corrected chi connectivity index (χ2v) is 5.41. The van der Waals surface area contributed by atoms with E-state index in [1.54, 1.807) is 30.3 Å². The summed E-state index contributed by atoms with van der Waals surface area (Å²) in [7, 11) is 0. The van der Waals surface area contributed by atoms with Gasteiger partial charge in [-0.15, -0.1) is 0 Å². The molecule has 0 heterocycles. The van der Waals surface area contributed by atoms with E-state index in [4.69, 9.17) is 10.8 Å². The third-order valence-electron chi connectivity index (χ3n) is 3.11. The summed E-state index contributed by atoms with van der Waals surface area (Å²) in [6, 6.07) is 6.76. The molecule has 5 N–H and O–H groups in total. The molecule has 0 radical (unpaired) electrons. The van der Waals surface area contributed by atoms with Crippen molar-refractivity contribution in [2.75, 3.05) is 0 Å². The molecule has 21 heavy (non-hydrogen) atoms. The van der Waals surface area contributed by atoms with Gasteiger partial charge in [-0.3, -0.25) is 4.79 Å². The van der Waals surface area contributed by atoms with Crippen molar-refractivity contribution in [3.8, 4) is 0 Å². The molecule has 0 saturated carbocycles. The first-order valence-electron chi connectivity index (χ1n) is 6.84. The van der Waals surface area contributed by atoms with Crippen LogP contribution in [0.3, 0.4) is 0 Å². The van der Waals surface area contributed by atoms with Gasteiger partial charge in [-0.05, 0) is 17.9 Å². The number of aliphatic hydroxyl groups excluding tert-OH is 1. The fourth-order valence-electron chi connectivity index (χ4n) is 1.97. The van der Waals surface area contributed by atoms with E-state index >= 15 is 0 Å². The normalized spacial score (nSPS) is 15.3. The van der Waals surface area contributed by atoms with Crippen LogP contribution in [0.2, 0.25) is 0 Å². The van der Waals surface area contributed by atoms with Gasteiger partial charge in [0.2, 0.25) is 0 Å². The molecule has 0 bridgehead atoms. The fourth-order valence-corrected chi connectivity index (χ4v) is 1.97. The number of carboxylic acids is 1. The SMILES string of the molecule is CC(C)C[C@H](NC(=O)[C@H](O)[C@H](N)c1ccccc1)C(=O)O. The maximum absolute atomic E-state index is 11.9. The molecule has 1 amide bonds. The number of benzene rings is 1. The summed E-state index contributed by atoms with van der Waals surface area (Å²) in [5, 5.41) is 21.4. The van der Waals surface area contributed by atoms with Crippen LogP contribution in [-0.2, 0) is 9.59 Å². The maximum Gasteiger partial charge on any atom is 0.326 e. The highest BCUT2D eigenvalue weighted by Gasteiger charge is 2.28. The van der Waals surface area contributed by atoms with E-state index in [1.807, 2.05) is 13.8 Å². The number of aliphatic carboxylic acids is 1. The number of carbonyl (C=O) groups is 2. The van der Waals surface area contributed by atoms with E-state index in [2.05, 4.69) is 5.32 Å². The molecule has 0 unspecified atom stereocenters. The van der Waals surface area contributed by atoms with Crippen LogP contribution in [-0.4, -0.2) is 34.2 Å². The van der Waals surface area contributed by atoms with Crippen molar-refractivity contribution in [3.63, 3.8) is 0 Å². The van der Waals surface area contributed by atoms with Gasteiger partial charge in [-0.1, -0.05) is 44.2 Å². The zero-order valence-corrected chi connectivity index (χ0v) is 12.2. The molecule has 0 aliphatic rings. The van der Waals surface area contributed by atoms with E-state index in [0.29, 0.717) is 5.56 Å². The predicted molar refractivity (Wildman–Crippen MR) is 78.4 cm³/mol. The van der Waals surface area contributed by atoms with Gasteiger partial charge in [0, 0.05) is 0 Å². The van der Waals surface area contributed by atoms with Crippen LogP contribution in [0, 0.1) is 5.92 Å². The van der Waals surface area contributed by atoms with Gasteiger partial charge in [-0.25, -0.2) is 4.79 Å². The number of rotatable bonds is 7. The minimum atomic E-state index is -1.50. The average molecular weight is 294 g/mol. The third-order valence-corrected chi connectivity index (χ3v) is 3.11. The highest BCUT2D eigenvalue weighted by Crippen LogP contribution is 2.14. The first-order valence-corrected chi connectivity index (χ1v) is 6.84. The molecule has 0 saturated heterocycles. The topological polar surface area (TPSA) is 113 Å². The van der Waals surface area contributed by atoms with Crippen LogP contribution >= 0.6 is 0 Å². The molecule has 0 aliphatic heterocycles. The van der Waals surface area contributed by atoms with Crippen LogP contribution in [0.4, 0.5) is 0 Å². The lowest BCUT2D eigenvalue weighted by molar-refractivity contribution is -0.144. The van der Waals surface area contributed by atoms with Crippen LogP contribution in [0.25, 0.3) is 0 Å². The second-order valence-electron chi connectivity index (χ2n) is 5.41. The number of hydrogen-bond acceptors (Lipinski definition) is 4. The summed E-state index contributed by atoms with van der Waals surface area (Å²) in [5.41, 5.74) is 6.44. The molecule has 1 aromatic rings. The highest BCUT2D eigenvalue weighted by atomic mass is 16.4. The van der Waals surface area contributed by atoms with Crippen molar-refractivity contribution in [1.29, 1.82) is 0 Å². The van der Waals surface area contributed by atoms with Gasteiger partial charge in [0.1, 0.15) is 6.04 Å². The van der Waals surface area contributed by atoms with Crippen molar-refractivity contribution in [2.45, 2.75) is 38.5 Å². The summed E-state index contributed by atoms with van der Waals surface area (Å²) in [6.07, 6.45) is -1.21. The van der Waals surface area contributed by atoms with Crippen molar-refractivity contribution in [3.05, 3.63) is 35.9 Å². The minimum Gasteiger partial charge on any atom is -0.480 e. The monoisotopic (exact) mass is 294 g/mol. The van der Waals surface area contributed by atoms with Gasteiger partial charge < -0.3 is 21.3 Å². The number of nitrogens with one attached hydrogen (secondary N) is 1. The van der Waals surface area contributed by atoms with Crippen LogP contribution in [0.1, 0.15) is 31.9 Å². The smallest absolute Gasteiger partial charge is 0.326 e. The van der Waals surface area contributed by atoms with E-state index in [0.717, 1.165) is 0 Å². The molecule has 6 nitrogen and oxygen atoms in total. The number of amides is 1. The Hall–Kier alpha value is -1.92. The predicted octanol–water partition coefficient (Wildman–Crippen LogP) is 0.663. The van der Waals surface area contributed by atoms with Crippen LogP contribution in [0.15, 0.2) is 30.3 Å². The number of aliphatic hydroxyl groups is 1. The van der Waals surface area contributed by atoms with Gasteiger partial charge in [0.25, 0.3) is 5.91 Å². The third kappa shape index (κ3) is 5.17. The Balaban J connectivity index is 2.71. The summed E-state index contributed by atoms with van der Waals surface area (Å²) < 4.78 is 0. The van der Waals surface area contributed by atoms with E-state index in [-0.39, 0.29) is 12.3 Å². The molecule has 1 aromatic carbocycles. The fraction of sp³-hybridized carbons (Fsp3) is 0.467. The molecule has 0 aliphatic carbocycles. The highest BCUT2D eigenvalue weighted by molar-refractivity contribution is 5.86. The van der Waals surface area contributed by atoms with Crippen LogP contribution in [0.5, 0.6) is 0 Å². The molecule has 116 valence electrons. The molecule has 0 aromatic heterocycles. The Labute approximate surface area is 124 Å². The number of carboxylic acid groups (broad SMARTS) is 1. The van der Waals surface area contributed by atoms with Gasteiger partial charge in [-0.2, -0.15) is 0 Å². The van der Waals surface area contributed by atoms with Gasteiger partial charge in [0.15, 0.2) is 6.10 Å². The van der Waals surface area contributed by atoms with Gasteiger partial charge >= 0.3 is 5.97 Å². The molecule has 1 rings (SSSR count). The zero-order chi connectivity index (χ0) is 16.0. The Morgan fingerprint density at radius 3 is 2.29 bits per heavy atom. The summed E-state index contributed by atoms with van der Waals surface area (Å²) in [4.78, 5) is 23.1. The largest absolute Gasteiger partial charge is 0.480 e. The average Bonchev–Trinajstić information content (AvgIpc) is 2.45. The van der Waals surface area contributed by atoms with Crippen LogP contribution < -0.4 is 11.1 Å². The second kappa shape index (κ2) is 7.75. The molecule has 0 fully saturated rings. The zero-order valence-electron chi connectivity index (χ0n) is 12.2. The number of carbonyl (C=O) groups excluding carboxylic acids is 1. The van der Waals surface area contributed by atoms with Crippen molar-refractivity contribution in [2.24, 2.45) is 11.7 Å². The lowest BCUT2D eigenvalue weighted by Crippen LogP contribution is -2.48. The van der Waals surface area contributed by atoms with E-state index < -0.39 is 30.1 Å². The lowest BCUT2D eigenvalue weighted by Gasteiger charge is -2.22. The van der Waals surface area contributed by atoms with E-state index in [1.165, 1.54) is 0 Å². The first kappa shape index (κ1) is 17.1. The molecule has 3 atom stereocenters. The van der Waals surface area contributed by atoms with Crippen molar-refractivity contribution in [1.82, 2.24) is 5.32 Å². The standard InChI is InChI=1S/C15H22N2O4/c1-9(2)8-11(15(20)21)17-14(19)13(18)12(16)10-6-4-3-5-7-10/h3-7,9,11-13,18H,8,16H2,1-2H3,(H,17,19)(H,20,21)/t11-,12+,13+/m0/s1. The molecular formula is C15H22N2O4. The molecule has 0 spiro atoms. The van der Waals surface area contributed by atoms with Crippen molar-refractivity contribution >= 4 is 11.9 Å². The molecular weight excluding hydrogens is 272 g/mol. The Morgan fingerprint density at radius 2 is 1.81 bits per heavy atom. The Bertz CT molecular complexity index is 476. The molecule has 6 heteroatoms. The summed E-state index contributed by atoms with van der Waals surface area (Å²) in [5.74, 6) is -1.80.